The third-order valence-electron chi connectivity index (χ3n) is 6.56. The van der Waals surface area contributed by atoms with E-state index in [-0.39, 0.29) is 4.92 Å². The van der Waals surface area contributed by atoms with Gasteiger partial charge in [-0.1, -0.05) is 0 Å². The van der Waals surface area contributed by atoms with Crippen LogP contribution in [0.4, 0.5) is 0 Å². The first-order valence-corrected chi connectivity index (χ1v) is 8.76. The molecule has 1 atom stereocenters. The topological polar surface area (TPSA) is 55.2 Å². The van der Waals surface area contributed by atoms with E-state index in [9.17, 15) is 10.1 Å². The van der Waals surface area contributed by atoms with Crippen molar-refractivity contribution in [1.82, 2.24) is 5.32 Å². The quantitative estimate of drug-likeness (QED) is 0.638. The van der Waals surface area contributed by atoms with Gasteiger partial charge < -0.3 is 5.32 Å². The first-order valence-electron chi connectivity index (χ1n) is 8.76. The molecule has 1 unspecified atom stereocenters. The Bertz CT molecular complexity index is 432. The third kappa shape index (κ3) is 2.63. The predicted octanol–water partition coefficient (Wildman–Crippen LogP) is 3.36. The molecule has 0 amide bonds. The van der Waals surface area contributed by atoms with Crippen LogP contribution in [0, 0.1) is 39.7 Å². The molecule has 116 valence electrons. The Hall–Kier alpha value is -0.900. The number of hydrogen-bond acceptors (Lipinski definition) is 3. The molecule has 4 heteroatoms. The number of nitro groups is 1. The molecule has 4 saturated carbocycles. The van der Waals surface area contributed by atoms with Crippen molar-refractivity contribution < 1.29 is 4.92 Å². The molecule has 0 aromatic rings. The third-order valence-corrected chi connectivity index (χ3v) is 6.56. The van der Waals surface area contributed by atoms with E-state index in [4.69, 9.17) is 0 Å². The molecule has 0 spiro atoms. The summed E-state index contributed by atoms with van der Waals surface area (Å²) in [5.74, 6) is 4.30. The summed E-state index contributed by atoms with van der Waals surface area (Å²) in [7, 11) is 0. The Morgan fingerprint density at radius 3 is 2.43 bits per heavy atom. The summed E-state index contributed by atoms with van der Waals surface area (Å²) in [5, 5.41) is 14.8. The summed E-state index contributed by atoms with van der Waals surface area (Å²) < 4.78 is 0. The molecule has 4 bridgehead atoms. The maximum atomic E-state index is 10.9. The van der Waals surface area contributed by atoms with Crippen LogP contribution >= 0.6 is 0 Å². The lowest BCUT2D eigenvalue weighted by molar-refractivity contribution is -0.430. The van der Waals surface area contributed by atoms with Gasteiger partial charge in [-0.3, -0.25) is 10.1 Å². The van der Waals surface area contributed by atoms with E-state index in [1.54, 1.807) is 0 Å². The monoisotopic (exact) mass is 290 g/mol. The van der Waals surface area contributed by atoms with Gasteiger partial charge in [-0.05, 0) is 87.2 Å². The van der Waals surface area contributed by atoms with Crippen LogP contribution in [0.5, 0.6) is 0 Å². The number of hydrogen-bond donors (Lipinski definition) is 1. The van der Waals surface area contributed by atoms with Crippen LogP contribution in [0.25, 0.3) is 0 Å². The Morgan fingerprint density at radius 1 is 1.14 bits per heavy atom. The van der Waals surface area contributed by atoms with Gasteiger partial charge in [0, 0.05) is 12.5 Å². The van der Waals surface area contributed by atoms with Gasteiger partial charge in [-0.25, -0.2) is 0 Å². The highest BCUT2D eigenvalue weighted by Crippen LogP contribution is 2.53. The molecule has 5 aliphatic carbocycles. The Kier molecular flexibility index (Phi) is 3.52. The van der Waals surface area contributed by atoms with Gasteiger partial charge in [0.2, 0.25) is 5.70 Å². The minimum Gasteiger partial charge on any atom is -0.313 e. The summed E-state index contributed by atoms with van der Waals surface area (Å²) >= 11 is 0. The molecule has 5 rings (SSSR count). The molecule has 0 aliphatic heterocycles. The van der Waals surface area contributed by atoms with E-state index < -0.39 is 0 Å². The summed E-state index contributed by atoms with van der Waals surface area (Å²) in [4.78, 5) is 10.7. The predicted molar refractivity (Wildman–Crippen MR) is 81.3 cm³/mol. The number of allylic oxidation sites excluding steroid dienone is 2. The van der Waals surface area contributed by atoms with Crippen molar-refractivity contribution in [2.24, 2.45) is 29.6 Å². The van der Waals surface area contributed by atoms with E-state index in [1.807, 2.05) is 6.08 Å². The van der Waals surface area contributed by atoms with Gasteiger partial charge >= 0.3 is 0 Å². The standard InChI is InChI=1S/C17H26N2O2/c20-19(21)16-3-1-2-11(9-16)10-18-17-14-5-12-4-13(7-14)8-15(17)6-12/h3,11-15,17-18H,1-2,4-10H2. The van der Waals surface area contributed by atoms with E-state index in [0.717, 1.165) is 43.1 Å². The molecule has 0 saturated heterocycles. The fraction of sp³-hybridized carbons (Fsp3) is 0.882. The van der Waals surface area contributed by atoms with Crippen LogP contribution in [0.1, 0.15) is 51.4 Å². The lowest BCUT2D eigenvalue weighted by Crippen LogP contribution is -2.55. The molecule has 0 aromatic carbocycles. The van der Waals surface area contributed by atoms with Crippen LogP contribution in [-0.2, 0) is 0 Å². The van der Waals surface area contributed by atoms with Gasteiger partial charge in [0.25, 0.3) is 0 Å². The molecule has 4 nitrogen and oxygen atoms in total. The molecule has 4 fully saturated rings. The molecular weight excluding hydrogens is 264 g/mol. The summed E-state index contributed by atoms with van der Waals surface area (Å²) in [6.07, 6.45) is 11.7. The molecule has 5 aliphatic rings. The second kappa shape index (κ2) is 5.38. The maximum absolute atomic E-state index is 10.9. The van der Waals surface area contributed by atoms with Gasteiger partial charge in [0.1, 0.15) is 0 Å². The van der Waals surface area contributed by atoms with E-state index in [0.29, 0.717) is 24.1 Å². The van der Waals surface area contributed by atoms with Crippen LogP contribution in [0.15, 0.2) is 11.8 Å². The fourth-order valence-corrected chi connectivity index (χ4v) is 5.85. The zero-order valence-electron chi connectivity index (χ0n) is 12.7. The molecule has 0 aromatic heterocycles. The summed E-state index contributed by atoms with van der Waals surface area (Å²) in [6, 6.07) is 0.711. The second-order valence-electron chi connectivity index (χ2n) is 7.96. The van der Waals surface area contributed by atoms with Gasteiger partial charge in [0.15, 0.2) is 0 Å². The Balaban J connectivity index is 1.33. The lowest BCUT2D eigenvalue weighted by atomic mass is 9.54. The maximum Gasteiger partial charge on any atom is 0.242 e. The number of nitrogens with zero attached hydrogens (tertiary/aromatic N) is 1. The highest BCUT2D eigenvalue weighted by Gasteiger charge is 2.48. The first-order chi connectivity index (χ1) is 10.2. The molecule has 0 heterocycles. The van der Waals surface area contributed by atoms with Gasteiger partial charge in [-0.2, -0.15) is 0 Å². The molecule has 1 N–H and O–H groups in total. The van der Waals surface area contributed by atoms with Crippen molar-refractivity contribution in [3.8, 4) is 0 Å². The van der Waals surface area contributed by atoms with Crippen molar-refractivity contribution in [2.45, 2.75) is 57.4 Å². The molecule has 0 radical (unpaired) electrons. The smallest absolute Gasteiger partial charge is 0.242 e. The second-order valence-corrected chi connectivity index (χ2v) is 7.96. The van der Waals surface area contributed by atoms with E-state index in [2.05, 4.69) is 5.32 Å². The Morgan fingerprint density at radius 2 is 1.81 bits per heavy atom. The minimum absolute atomic E-state index is 0.185. The van der Waals surface area contributed by atoms with E-state index >= 15 is 0 Å². The molecule has 21 heavy (non-hydrogen) atoms. The lowest BCUT2D eigenvalue weighted by Gasteiger charge is -2.54. The highest BCUT2D eigenvalue weighted by molar-refractivity contribution is 5.03. The summed E-state index contributed by atoms with van der Waals surface area (Å²) in [5.41, 5.74) is 0.443. The average molecular weight is 290 g/mol. The average Bonchev–Trinajstić information content (AvgIpc) is 2.46. The van der Waals surface area contributed by atoms with Crippen LogP contribution in [0.2, 0.25) is 0 Å². The largest absolute Gasteiger partial charge is 0.313 e. The first kappa shape index (κ1) is 13.7. The minimum atomic E-state index is -0.185. The zero-order valence-corrected chi connectivity index (χ0v) is 12.7. The van der Waals surface area contributed by atoms with E-state index in [1.165, 1.54) is 32.1 Å². The van der Waals surface area contributed by atoms with Crippen LogP contribution in [-0.4, -0.2) is 17.5 Å². The van der Waals surface area contributed by atoms with Crippen LogP contribution in [0.3, 0.4) is 0 Å². The fourth-order valence-electron chi connectivity index (χ4n) is 5.85. The molecular formula is C17H26N2O2. The van der Waals surface area contributed by atoms with Crippen molar-refractivity contribution in [3.63, 3.8) is 0 Å². The van der Waals surface area contributed by atoms with Gasteiger partial charge in [-0.15, -0.1) is 0 Å². The van der Waals surface area contributed by atoms with Crippen LogP contribution < -0.4 is 5.32 Å². The van der Waals surface area contributed by atoms with Crippen molar-refractivity contribution in [2.75, 3.05) is 6.54 Å². The van der Waals surface area contributed by atoms with Gasteiger partial charge in [0.05, 0.1) is 4.92 Å². The number of nitrogens with one attached hydrogen (secondary N) is 1. The zero-order chi connectivity index (χ0) is 14.4. The summed E-state index contributed by atoms with van der Waals surface area (Å²) in [6.45, 7) is 0.984. The van der Waals surface area contributed by atoms with Crippen molar-refractivity contribution in [3.05, 3.63) is 21.9 Å². The SMILES string of the molecule is O=[N+]([O-])C1=CCCC(CNC2C3CC4CC(C3)CC2C4)C1. The normalized spacial score (nSPS) is 44.7. The highest BCUT2D eigenvalue weighted by atomic mass is 16.6. The van der Waals surface area contributed by atoms with Crippen molar-refractivity contribution >= 4 is 0 Å². The van der Waals surface area contributed by atoms with Crippen molar-refractivity contribution in [1.29, 1.82) is 0 Å². The number of rotatable bonds is 4. The Labute approximate surface area is 126 Å².